The van der Waals surface area contributed by atoms with Crippen molar-refractivity contribution < 1.29 is 28.3 Å². The molecule has 0 aliphatic carbocycles. The second-order valence-corrected chi connectivity index (χ2v) is 8.84. The van der Waals surface area contributed by atoms with Crippen molar-refractivity contribution in [2.45, 2.75) is 19.0 Å². The maximum Gasteiger partial charge on any atom is 0.325 e. The summed E-state index contributed by atoms with van der Waals surface area (Å²) in [6.45, 7) is 2.31. The molecule has 2 aliphatic heterocycles. The zero-order valence-corrected chi connectivity index (χ0v) is 18.6. The Hall–Kier alpha value is -3.79. The Morgan fingerprint density at radius 2 is 1.97 bits per heavy atom. The average molecular weight is 468 g/mol. The van der Waals surface area contributed by atoms with Crippen molar-refractivity contribution >= 4 is 34.9 Å². The van der Waals surface area contributed by atoms with E-state index in [9.17, 15) is 14.4 Å². The molecule has 0 spiro atoms. The number of carbonyl (C=O) groups is 3. The molecule has 170 valence electrons. The molecule has 1 atom stereocenters. The number of ether oxygens (including phenoxy) is 2. The number of hydrogen-bond acceptors (Lipinski definition) is 7. The summed E-state index contributed by atoms with van der Waals surface area (Å²) in [4.78, 5) is 42.6. The van der Waals surface area contributed by atoms with Gasteiger partial charge in [-0.3, -0.25) is 14.5 Å². The molecule has 0 bridgehead atoms. The first-order chi connectivity index (χ1) is 16.0. The lowest BCUT2D eigenvalue weighted by molar-refractivity contribution is -0.134. The highest BCUT2D eigenvalue weighted by Crippen LogP contribution is 2.35. The van der Waals surface area contributed by atoms with E-state index in [0.717, 1.165) is 9.78 Å². The molecule has 9 nitrogen and oxygen atoms in total. The number of imide groups is 1. The number of benzene rings is 1. The molecule has 4 heterocycles. The number of nitrogens with zero attached hydrogens (tertiary/aromatic N) is 2. The van der Waals surface area contributed by atoms with E-state index in [1.807, 2.05) is 17.5 Å². The summed E-state index contributed by atoms with van der Waals surface area (Å²) < 4.78 is 16.6. The van der Waals surface area contributed by atoms with Crippen molar-refractivity contribution in [2.75, 3.05) is 24.7 Å². The van der Waals surface area contributed by atoms with Gasteiger partial charge in [-0.2, -0.15) is 0 Å². The molecule has 2 aromatic heterocycles. The average Bonchev–Trinajstić information content (AvgIpc) is 3.57. The standard InChI is InChI=1S/C23H21N3O6S/c1-23(19-5-2-8-32-19)21(28)26(22(29)24-23)14-20(27)25(13-16-4-3-11-33-16)15-6-7-17-18(12-15)31-10-9-30-17/h2-8,11-12H,9-10,13-14H2,1H3,(H,24,29)/t23-/m0/s1. The number of hydrogen-bond donors (Lipinski definition) is 1. The summed E-state index contributed by atoms with van der Waals surface area (Å²) in [6.07, 6.45) is 1.43. The molecule has 1 N–H and O–H groups in total. The third-order valence-electron chi connectivity index (χ3n) is 5.61. The number of thiophene rings is 1. The highest BCUT2D eigenvalue weighted by atomic mass is 32.1. The van der Waals surface area contributed by atoms with Gasteiger partial charge in [0.15, 0.2) is 17.0 Å². The minimum absolute atomic E-state index is 0.287. The maximum atomic E-state index is 13.4. The Balaban J connectivity index is 1.42. The van der Waals surface area contributed by atoms with E-state index in [1.165, 1.54) is 22.5 Å². The molecule has 1 saturated heterocycles. The van der Waals surface area contributed by atoms with Crippen molar-refractivity contribution in [3.63, 3.8) is 0 Å². The fourth-order valence-electron chi connectivity index (χ4n) is 3.87. The Morgan fingerprint density at radius 1 is 1.15 bits per heavy atom. The molecule has 4 amide bonds. The van der Waals surface area contributed by atoms with Crippen LogP contribution in [0, 0.1) is 0 Å². The third-order valence-corrected chi connectivity index (χ3v) is 6.48. The Morgan fingerprint density at radius 3 is 2.70 bits per heavy atom. The molecule has 3 aromatic rings. The second kappa shape index (κ2) is 8.28. The number of anilines is 1. The van der Waals surface area contributed by atoms with Gasteiger partial charge in [0.1, 0.15) is 25.5 Å². The lowest BCUT2D eigenvalue weighted by Gasteiger charge is -2.26. The molecular formula is C23H21N3O6S. The molecule has 0 saturated carbocycles. The van der Waals surface area contributed by atoms with Crippen LogP contribution in [-0.4, -0.2) is 42.5 Å². The van der Waals surface area contributed by atoms with Crippen LogP contribution in [0.4, 0.5) is 10.5 Å². The van der Waals surface area contributed by atoms with Crippen molar-refractivity contribution in [3.05, 3.63) is 64.7 Å². The predicted molar refractivity (Wildman–Crippen MR) is 119 cm³/mol. The normalized spacial score (nSPS) is 19.5. The third kappa shape index (κ3) is 3.82. The highest BCUT2D eigenvalue weighted by Gasteiger charge is 2.51. The Kier molecular flexibility index (Phi) is 5.29. The molecule has 5 rings (SSSR count). The lowest BCUT2D eigenvalue weighted by atomic mass is 9.99. The van der Waals surface area contributed by atoms with Gasteiger partial charge in [-0.25, -0.2) is 4.79 Å². The summed E-state index contributed by atoms with van der Waals surface area (Å²) in [5, 5.41) is 4.57. The van der Waals surface area contributed by atoms with Crippen LogP contribution in [0.5, 0.6) is 11.5 Å². The predicted octanol–water partition coefficient (Wildman–Crippen LogP) is 3.11. The van der Waals surface area contributed by atoms with Gasteiger partial charge in [0.05, 0.1) is 12.8 Å². The van der Waals surface area contributed by atoms with E-state index in [4.69, 9.17) is 13.9 Å². The molecule has 2 aliphatic rings. The van der Waals surface area contributed by atoms with Crippen molar-refractivity contribution in [2.24, 2.45) is 0 Å². The van der Waals surface area contributed by atoms with E-state index < -0.39 is 29.9 Å². The largest absolute Gasteiger partial charge is 0.486 e. The van der Waals surface area contributed by atoms with Crippen LogP contribution in [0.3, 0.4) is 0 Å². The summed E-state index contributed by atoms with van der Waals surface area (Å²) >= 11 is 1.51. The SMILES string of the molecule is C[C@@]1(c2ccco2)NC(=O)N(CC(=O)N(Cc2cccs2)c2ccc3c(c2)OCCO3)C1=O. The van der Waals surface area contributed by atoms with Gasteiger partial charge in [0.2, 0.25) is 5.91 Å². The van der Waals surface area contributed by atoms with Crippen LogP contribution in [0.2, 0.25) is 0 Å². The number of amides is 4. The monoisotopic (exact) mass is 467 g/mol. The van der Waals surface area contributed by atoms with Gasteiger partial charge in [0.25, 0.3) is 5.91 Å². The van der Waals surface area contributed by atoms with E-state index in [1.54, 1.807) is 37.3 Å². The van der Waals surface area contributed by atoms with Crippen LogP contribution in [-0.2, 0) is 21.7 Å². The quantitative estimate of drug-likeness (QED) is 0.559. The smallest absolute Gasteiger partial charge is 0.325 e. The molecule has 33 heavy (non-hydrogen) atoms. The highest BCUT2D eigenvalue weighted by molar-refractivity contribution is 7.09. The van der Waals surface area contributed by atoms with Gasteiger partial charge in [-0.15, -0.1) is 11.3 Å². The van der Waals surface area contributed by atoms with Crippen LogP contribution in [0.15, 0.2) is 58.5 Å². The molecule has 1 fully saturated rings. The van der Waals surface area contributed by atoms with E-state index in [-0.39, 0.29) is 6.54 Å². The lowest BCUT2D eigenvalue weighted by Crippen LogP contribution is -2.44. The number of nitrogens with one attached hydrogen (secondary N) is 1. The first-order valence-corrected chi connectivity index (χ1v) is 11.2. The molecule has 10 heteroatoms. The Labute approximate surface area is 193 Å². The topological polar surface area (TPSA) is 101 Å². The van der Waals surface area contributed by atoms with Gasteiger partial charge in [-0.05, 0) is 42.6 Å². The first kappa shape index (κ1) is 21.1. The minimum atomic E-state index is -1.36. The minimum Gasteiger partial charge on any atom is -0.486 e. The fourth-order valence-corrected chi connectivity index (χ4v) is 4.57. The van der Waals surface area contributed by atoms with E-state index in [0.29, 0.717) is 36.2 Å². The van der Waals surface area contributed by atoms with Gasteiger partial charge in [0, 0.05) is 16.6 Å². The van der Waals surface area contributed by atoms with Gasteiger partial charge < -0.3 is 24.1 Å². The summed E-state index contributed by atoms with van der Waals surface area (Å²) in [7, 11) is 0. The zero-order valence-electron chi connectivity index (χ0n) is 17.8. The van der Waals surface area contributed by atoms with Crippen LogP contribution in [0.25, 0.3) is 0 Å². The number of rotatable bonds is 6. The fraction of sp³-hybridized carbons (Fsp3) is 0.261. The van der Waals surface area contributed by atoms with Crippen LogP contribution in [0.1, 0.15) is 17.6 Å². The first-order valence-electron chi connectivity index (χ1n) is 10.4. The summed E-state index contributed by atoms with van der Waals surface area (Å²) in [6, 6.07) is 11.7. The van der Waals surface area contributed by atoms with E-state index in [2.05, 4.69) is 5.32 Å². The number of fused-ring (bicyclic) bond motifs is 1. The van der Waals surface area contributed by atoms with Gasteiger partial charge >= 0.3 is 6.03 Å². The molecular weight excluding hydrogens is 446 g/mol. The number of carbonyl (C=O) groups excluding carboxylic acids is 3. The summed E-state index contributed by atoms with van der Waals surface area (Å²) in [5.74, 6) is 0.499. The van der Waals surface area contributed by atoms with Crippen molar-refractivity contribution in [1.29, 1.82) is 0 Å². The van der Waals surface area contributed by atoms with E-state index >= 15 is 0 Å². The number of furan rings is 1. The van der Waals surface area contributed by atoms with Crippen molar-refractivity contribution in [3.8, 4) is 11.5 Å². The molecule has 0 radical (unpaired) electrons. The van der Waals surface area contributed by atoms with Crippen molar-refractivity contribution in [1.82, 2.24) is 10.2 Å². The molecule has 1 aromatic carbocycles. The van der Waals surface area contributed by atoms with Gasteiger partial charge in [-0.1, -0.05) is 6.07 Å². The van der Waals surface area contributed by atoms with Crippen LogP contribution >= 0.6 is 11.3 Å². The molecule has 0 unspecified atom stereocenters. The zero-order chi connectivity index (χ0) is 23.0. The maximum absolute atomic E-state index is 13.4. The second-order valence-electron chi connectivity index (χ2n) is 7.81. The summed E-state index contributed by atoms with van der Waals surface area (Å²) in [5.41, 5.74) is -0.783. The van der Waals surface area contributed by atoms with Crippen LogP contribution < -0.4 is 19.7 Å². The Bertz CT molecular complexity index is 1190. The number of urea groups is 1.